The van der Waals surface area contributed by atoms with Gasteiger partial charge >= 0.3 is 0 Å². The van der Waals surface area contributed by atoms with Gasteiger partial charge in [-0.2, -0.15) is 0 Å². The van der Waals surface area contributed by atoms with Crippen molar-refractivity contribution < 1.29 is 9.90 Å². The van der Waals surface area contributed by atoms with Gasteiger partial charge in [-0.1, -0.05) is 0 Å². The second-order valence-corrected chi connectivity index (χ2v) is 3.45. The molecule has 86 valence electrons. The second-order valence-electron chi connectivity index (χ2n) is 3.45. The Kier molecular flexibility index (Phi) is 3.00. The van der Waals surface area contributed by atoms with Crippen LogP contribution in [0, 0.1) is 0 Å². The first-order chi connectivity index (χ1) is 8.18. The SMILES string of the molecule is CC(=O)Nc1cccnc1-c1ncccc1O. The first kappa shape index (κ1) is 11.1. The van der Waals surface area contributed by atoms with Crippen molar-refractivity contribution in [3.63, 3.8) is 0 Å². The summed E-state index contributed by atoms with van der Waals surface area (Å²) in [5.41, 5.74) is 1.31. The van der Waals surface area contributed by atoms with Gasteiger partial charge in [-0.3, -0.25) is 14.8 Å². The number of carbonyl (C=O) groups excluding carboxylic acids is 1. The van der Waals surface area contributed by atoms with Crippen molar-refractivity contribution in [3.05, 3.63) is 36.7 Å². The molecular formula is C12H11N3O2. The molecule has 2 heterocycles. The Bertz CT molecular complexity index is 555. The molecule has 0 aromatic carbocycles. The zero-order valence-corrected chi connectivity index (χ0v) is 9.21. The summed E-state index contributed by atoms with van der Waals surface area (Å²) in [5.74, 6) is -0.174. The summed E-state index contributed by atoms with van der Waals surface area (Å²) in [7, 11) is 0. The third-order valence-electron chi connectivity index (χ3n) is 2.13. The van der Waals surface area contributed by atoms with Gasteiger partial charge in [0.05, 0.1) is 5.69 Å². The van der Waals surface area contributed by atoms with Gasteiger partial charge in [0, 0.05) is 19.3 Å². The maximum Gasteiger partial charge on any atom is 0.221 e. The molecular weight excluding hydrogens is 218 g/mol. The fraction of sp³-hybridized carbons (Fsp3) is 0.0833. The molecule has 0 spiro atoms. The Morgan fingerprint density at radius 1 is 1.18 bits per heavy atom. The van der Waals surface area contributed by atoms with E-state index < -0.39 is 0 Å². The molecule has 2 rings (SSSR count). The number of hydrogen-bond donors (Lipinski definition) is 2. The molecule has 1 amide bonds. The zero-order chi connectivity index (χ0) is 12.3. The molecule has 2 N–H and O–H groups in total. The number of aromatic nitrogens is 2. The molecule has 2 aromatic rings. The molecule has 0 saturated carbocycles. The Hall–Kier alpha value is -2.43. The molecule has 0 fully saturated rings. The van der Waals surface area contributed by atoms with Crippen molar-refractivity contribution in [1.29, 1.82) is 0 Å². The molecule has 17 heavy (non-hydrogen) atoms. The van der Waals surface area contributed by atoms with Gasteiger partial charge in [-0.25, -0.2) is 0 Å². The standard InChI is InChI=1S/C12H11N3O2/c1-8(16)15-9-4-2-6-13-11(9)12-10(17)5-3-7-14-12/h2-7,17H,1H3,(H,15,16). The van der Waals surface area contributed by atoms with Gasteiger partial charge in [-0.15, -0.1) is 0 Å². The highest BCUT2D eigenvalue weighted by Crippen LogP contribution is 2.29. The van der Waals surface area contributed by atoms with E-state index in [1.807, 2.05) is 0 Å². The molecule has 5 heteroatoms. The number of nitrogens with zero attached hydrogens (tertiary/aromatic N) is 2. The van der Waals surface area contributed by atoms with Crippen LogP contribution >= 0.6 is 0 Å². The maximum atomic E-state index is 11.1. The van der Waals surface area contributed by atoms with Crippen molar-refractivity contribution in [3.8, 4) is 17.1 Å². The average Bonchev–Trinajstić information content (AvgIpc) is 2.30. The number of carbonyl (C=O) groups is 1. The van der Waals surface area contributed by atoms with Gasteiger partial charge in [0.2, 0.25) is 5.91 Å². The van der Waals surface area contributed by atoms with Crippen molar-refractivity contribution >= 4 is 11.6 Å². The number of anilines is 1. The number of rotatable bonds is 2. The molecule has 0 radical (unpaired) electrons. The van der Waals surface area contributed by atoms with Crippen LogP contribution in [0.3, 0.4) is 0 Å². The topological polar surface area (TPSA) is 75.1 Å². The van der Waals surface area contributed by atoms with Crippen LogP contribution < -0.4 is 5.32 Å². The minimum absolute atomic E-state index is 0.0257. The van der Waals surface area contributed by atoms with Crippen molar-refractivity contribution in [1.82, 2.24) is 9.97 Å². The lowest BCUT2D eigenvalue weighted by molar-refractivity contribution is -0.114. The number of amides is 1. The molecule has 0 aliphatic carbocycles. The Balaban J connectivity index is 2.52. The minimum Gasteiger partial charge on any atom is -0.506 e. The lowest BCUT2D eigenvalue weighted by Gasteiger charge is -2.08. The zero-order valence-electron chi connectivity index (χ0n) is 9.21. The summed E-state index contributed by atoms with van der Waals surface area (Å²) in [5, 5.41) is 12.4. The lowest BCUT2D eigenvalue weighted by atomic mass is 10.2. The van der Waals surface area contributed by atoms with E-state index in [0.29, 0.717) is 17.1 Å². The largest absolute Gasteiger partial charge is 0.506 e. The first-order valence-electron chi connectivity index (χ1n) is 5.05. The fourth-order valence-electron chi connectivity index (χ4n) is 1.46. The summed E-state index contributed by atoms with van der Waals surface area (Å²) >= 11 is 0. The van der Waals surface area contributed by atoms with E-state index in [2.05, 4.69) is 15.3 Å². The third-order valence-corrected chi connectivity index (χ3v) is 2.13. The highest BCUT2D eigenvalue weighted by Gasteiger charge is 2.12. The Labute approximate surface area is 98.2 Å². The number of aromatic hydroxyl groups is 1. The Morgan fingerprint density at radius 2 is 1.82 bits per heavy atom. The van der Waals surface area contributed by atoms with Crippen LogP contribution in [0.1, 0.15) is 6.92 Å². The Morgan fingerprint density at radius 3 is 2.47 bits per heavy atom. The molecule has 2 aromatic heterocycles. The van der Waals surface area contributed by atoms with Crippen LogP contribution in [0.5, 0.6) is 5.75 Å². The van der Waals surface area contributed by atoms with Crippen molar-refractivity contribution in [2.75, 3.05) is 5.32 Å². The first-order valence-corrected chi connectivity index (χ1v) is 5.05. The van der Waals surface area contributed by atoms with Gasteiger partial charge < -0.3 is 10.4 Å². The van der Waals surface area contributed by atoms with Gasteiger partial charge in [0.25, 0.3) is 0 Å². The van der Waals surface area contributed by atoms with E-state index in [-0.39, 0.29) is 11.7 Å². The quantitative estimate of drug-likeness (QED) is 0.823. The third kappa shape index (κ3) is 2.39. The molecule has 0 unspecified atom stereocenters. The summed E-state index contributed by atoms with van der Waals surface area (Å²) in [6.45, 7) is 1.41. The summed E-state index contributed by atoms with van der Waals surface area (Å²) in [6.07, 6.45) is 3.13. The average molecular weight is 229 g/mol. The fourth-order valence-corrected chi connectivity index (χ4v) is 1.46. The molecule has 0 bridgehead atoms. The predicted molar refractivity (Wildman–Crippen MR) is 63.4 cm³/mol. The van der Waals surface area contributed by atoms with Crippen molar-refractivity contribution in [2.45, 2.75) is 6.92 Å². The van der Waals surface area contributed by atoms with Crippen LogP contribution in [0.25, 0.3) is 11.4 Å². The van der Waals surface area contributed by atoms with Gasteiger partial charge in [-0.05, 0) is 24.3 Å². The monoisotopic (exact) mass is 229 g/mol. The smallest absolute Gasteiger partial charge is 0.221 e. The number of pyridine rings is 2. The van der Waals surface area contributed by atoms with Crippen LogP contribution in [-0.4, -0.2) is 21.0 Å². The molecule has 5 nitrogen and oxygen atoms in total. The summed E-state index contributed by atoms with van der Waals surface area (Å²) in [6, 6.07) is 6.56. The number of hydrogen-bond acceptors (Lipinski definition) is 4. The van der Waals surface area contributed by atoms with Gasteiger partial charge in [0.1, 0.15) is 17.1 Å². The molecule has 0 atom stereocenters. The van der Waals surface area contributed by atoms with E-state index in [1.54, 1.807) is 30.6 Å². The van der Waals surface area contributed by atoms with E-state index in [1.165, 1.54) is 13.0 Å². The normalized spacial score (nSPS) is 9.94. The van der Waals surface area contributed by atoms with E-state index >= 15 is 0 Å². The second kappa shape index (κ2) is 4.61. The van der Waals surface area contributed by atoms with Crippen LogP contribution in [0.15, 0.2) is 36.7 Å². The lowest BCUT2D eigenvalue weighted by Crippen LogP contribution is -2.07. The van der Waals surface area contributed by atoms with Crippen LogP contribution in [0.2, 0.25) is 0 Å². The van der Waals surface area contributed by atoms with Crippen LogP contribution in [-0.2, 0) is 4.79 Å². The van der Waals surface area contributed by atoms with Crippen LogP contribution in [0.4, 0.5) is 5.69 Å². The van der Waals surface area contributed by atoms with E-state index in [9.17, 15) is 9.90 Å². The highest BCUT2D eigenvalue weighted by atomic mass is 16.3. The molecule has 0 aliphatic heterocycles. The van der Waals surface area contributed by atoms with Gasteiger partial charge in [0.15, 0.2) is 0 Å². The highest BCUT2D eigenvalue weighted by molar-refractivity contribution is 5.93. The molecule has 0 saturated heterocycles. The van der Waals surface area contributed by atoms with E-state index in [4.69, 9.17) is 0 Å². The summed E-state index contributed by atoms with van der Waals surface area (Å²) in [4.78, 5) is 19.2. The number of nitrogens with one attached hydrogen (secondary N) is 1. The molecule has 0 aliphatic rings. The van der Waals surface area contributed by atoms with E-state index in [0.717, 1.165) is 0 Å². The summed E-state index contributed by atoms with van der Waals surface area (Å²) < 4.78 is 0. The predicted octanol–water partition coefficient (Wildman–Crippen LogP) is 1.81. The van der Waals surface area contributed by atoms with Crippen molar-refractivity contribution in [2.24, 2.45) is 0 Å². The maximum absolute atomic E-state index is 11.1. The minimum atomic E-state index is -0.199.